The highest BCUT2D eigenvalue weighted by molar-refractivity contribution is 5.99. The smallest absolute Gasteiger partial charge is 0.103 e. The lowest BCUT2D eigenvalue weighted by Gasteiger charge is -2.37. The lowest BCUT2D eigenvalue weighted by Crippen LogP contribution is -2.44. The summed E-state index contributed by atoms with van der Waals surface area (Å²) >= 11 is 0. The van der Waals surface area contributed by atoms with E-state index in [4.69, 9.17) is 4.99 Å². The van der Waals surface area contributed by atoms with Crippen LogP contribution in [0.25, 0.3) is 22.2 Å². The van der Waals surface area contributed by atoms with Crippen molar-refractivity contribution in [2.75, 3.05) is 18.9 Å². The minimum atomic E-state index is -0.0829. The number of rotatable bonds is 7. The molecule has 1 saturated carbocycles. The lowest BCUT2D eigenvalue weighted by molar-refractivity contribution is 0.344. The van der Waals surface area contributed by atoms with Gasteiger partial charge in [0.05, 0.1) is 6.04 Å². The molecule has 0 radical (unpaired) electrons. The average molecular weight is 506 g/mol. The van der Waals surface area contributed by atoms with Gasteiger partial charge in [0.2, 0.25) is 0 Å². The summed E-state index contributed by atoms with van der Waals surface area (Å²) in [5.41, 5.74) is 7.55. The first kappa shape index (κ1) is 24.9. The summed E-state index contributed by atoms with van der Waals surface area (Å²) in [6, 6.07) is 29.0. The topological polar surface area (TPSA) is 64.2 Å². The van der Waals surface area contributed by atoms with E-state index in [1.165, 1.54) is 51.8 Å². The van der Waals surface area contributed by atoms with Crippen LogP contribution < -0.4 is 16.0 Å². The number of benzene rings is 3. The van der Waals surface area contributed by atoms with Gasteiger partial charge in [0.15, 0.2) is 0 Å². The average Bonchev–Trinajstić information content (AvgIpc) is 3.33. The number of aromatic amines is 1. The third-order valence-corrected chi connectivity index (χ3v) is 8.59. The normalized spacial score (nSPS) is 24.3. The Bertz CT molecular complexity index is 1410. The molecule has 2 aliphatic rings. The Kier molecular flexibility index (Phi) is 7.05. The SMILES string of the molecule is CNC1(C)CC(=NC2CCC(NCCc3c(-c4ccccc4)[nH]c4ccccc34)CC2)Nc2ccccc21. The van der Waals surface area contributed by atoms with Gasteiger partial charge in [0.1, 0.15) is 5.84 Å². The summed E-state index contributed by atoms with van der Waals surface area (Å²) in [6.07, 6.45) is 6.56. The molecule has 1 atom stereocenters. The molecule has 0 saturated heterocycles. The molecule has 1 unspecified atom stereocenters. The van der Waals surface area contributed by atoms with Gasteiger partial charge in [-0.2, -0.15) is 0 Å². The van der Waals surface area contributed by atoms with Crippen molar-refractivity contribution in [2.45, 2.75) is 63.1 Å². The van der Waals surface area contributed by atoms with E-state index >= 15 is 0 Å². The number of fused-ring (bicyclic) bond motifs is 2. The number of nitrogens with one attached hydrogen (secondary N) is 4. The van der Waals surface area contributed by atoms with Crippen molar-refractivity contribution in [3.8, 4) is 11.3 Å². The van der Waals surface area contributed by atoms with Gasteiger partial charge in [0, 0.05) is 40.3 Å². The van der Waals surface area contributed by atoms with Crippen molar-refractivity contribution >= 4 is 22.4 Å². The van der Waals surface area contributed by atoms with Crippen molar-refractivity contribution in [3.05, 3.63) is 90.0 Å². The zero-order valence-electron chi connectivity index (χ0n) is 22.6. The van der Waals surface area contributed by atoms with E-state index in [0.29, 0.717) is 12.1 Å². The standard InChI is InChI=1S/C33H39N5/c1-33(34-2)22-31(37-30-15-9-7-13-28(30)33)36-25-18-16-24(17-19-25)35-21-20-27-26-12-6-8-14-29(26)38-32(27)23-10-4-3-5-11-23/h3-15,24-25,34-35,38H,16-22H2,1-2H3,(H,36,37). The van der Waals surface area contributed by atoms with Crippen LogP contribution in [0.1, 0.15) is 50.2 Å². The Labute approximate surface area is 226 Å². The monoisotopic (exact) mass is 505 g/mol. The number of H-pyrrole nitrogens is 1. The van der Waals surface area contributed by atoms with Crippen LogP contribution >= 0.6 is 0 Å². The van der Waals surface area contributed by atoms with E-state index in [1.807, 2.05) is 0 Å². The molecule has 1 aliphatic heterocycles. The molecule has 38 heavy (non-hydrogen) atoms. The van der Waals surface area contributed by atoms with Gasteiger partial charge in [-0.15, -0.1) is 0 Å². The molecule has 5 nitrogen and oxygen atoms in total. The van der Waals surface area contributed by atoms with Crippen molar-refractivity contribution in [1.29, 1.82) is 0 Å². The van der Waals surface area contributed by atoms with Crippen molar-refractivity contribution in [1.82, 2.24) is 15.6 Å². The number of aromatic nitrogens is 1. The fourth-order valence-electron chi connectivity index (χ4n) is 6.35. The number of aliphatic imine (C=N–C) groups is 1. The molecule has 6 rings (SSSR count). The van der Waals surface area contributed by atoms with Gasteiger partial charge in [-0.05, 0) is 81.4 Å². The van der Waals surface area contributed by atoms with Crippen molar-refractivity contribution < 1.29 is 0 Å². The van der Waals surface area contributed by atoms with E-state index < -0.39 is 0 Å². The van der Waals surface area contributed by atoms with Crippen molar-refractivity contribution in [3.63, 3.8) is 0 Å². The molecule has 1 aliphatic carbocycles. The zero-order chi connectivity index (χ0) is 26.0. The van der Waals surface area contributed by atoms with E-state index in [2.05, 4.69) is 114 Å². The second kappa shape index (κ2) is 10.8. The molecule has 5 heteroatoms. The quantitative estimate of drug-likeness (QED) is 0.228. The Balaban J connectivity index is 1.07. The molecular formula is C33H39N5. The highest BCUT2D eigenvalue weighted by atomic mass is 15.1. The second-order valence-electron chi connectivity index (χ2n) is 11.1. The minimum absolute atomic E-state index is 0.0829. The lowest BCUT2D eigenvalue weighted by atomic mass is 9.84. The number of anilines is 1. The van der Waals surface area contributed by atoms with Gasteiger partial charge in [0.25, 0.3) is 0 Å². The van der Waals surface area contributed by atoms with Crippen LogP contribution in [0.4, 0.5) is 5.69 Å². The Morgan fingerprint density at radius 3 is 2.45 bits per heavy atom. The van der Waals surface area contributed by atoms with Crippen LogP contribution in [-0.2, 0) is 12.0 Å². The third-order valence-electron chi connectivity index (χ3n) is 8.59. The fraction of sp³-hybridized carbons (Fsp3) is 0.364. The maximum atomic E-state index is 5.21. The first-order valence-electron chi connectivity index (χ1n) is 14.1. The zero-order valence-corrected chi connectivity index (χ0v) is 22.6. The molecule has 3 aromatic carbocycles. The molecule has 2 heterocycles. The summed E-state index contributed by atoms with van der Waals surface area (Å²) in [5, 5.41) is 12.4. The molecule has 4 N–H and O–H groups in total. The molecule has 196 valence electrons. The van der Waals surface area contributed by atoms with Crippen LogP contribution in [-0.4, -0.2) is 36.5 Å². The summed E-state index contributed by atoms with van der Waals surface area (Å²) in [5.74, 6) is 1.12. The third kappa shape index (κ3) is 5.01. The van der Waals surface area contributed by atoms with Gasteiger partial charge in [-0.3, -0.25) is 4.99 Å². The van der Waals surface area contributed by atoms with Crippen LogP contribution in [0.15, 0.2) is 83.9 Å². The number of hydrogen-bond donors (Lipinski definition) is 4. The van der Waals surface area contributed by atoms with E-state index in [0.717, 1.165) is 38.1 Å². The Hall–Kier alpha value is -3.41. The summed E-state index contributed by atoms with van der Waals surface area (Å²) in [6.45, 7) is 3.27. The molecule has 0 bridgehead atoms. The predicted molar refractivity (Wildman–Crippen MR) is 160 cm³/mol. The van der Waals surface area contributed by atoms with Crippen LogP contribution in [0.5, 0.6) is 0 Å². The second-order valence-corrected chi connectivity index (χ2v) is 11.1. The first-order valence-corrected chi connectivity index (χ1v) is 14.1. The number of amidine groups is 1. The van der Waals surface area contributed by atoms with Crippen molar-refractivity contribution in [2.24, 2.45) is 4.99 Å². The van der Waals surface area contributed by atoms with Crippen LogP contribution in [0, 0.1) is 0 Å². The number of para-hydroxylation sites is 2. The molecule has 0 amide bonds. The van der Waals surface area contributed by atoms with E-state index in [9.17, 15) is 0 Å². The Morgan fingerprint density at radius 2 is 1.63 bits per heavy atom. The highest BCUT2D eigenvalue weighted by Gasteiger charge is 2.34. The van der Waals surface area contributed by atoms with Gasteiger partial charge < -0.3 is 20.9 Å². The molecule has 4 aromatic rings. The minimum Gasteiger partial charge on any atom is -0.354 e. The number of hydrogen-bond acceptors (Lipinski definition) is 3. The maximum Gasteiger partial charge on any atom is 0.103 e. The summed E-state index contributed by atoms with van der Waals surface area (Å²) in [7, 11) is 2.05. The fourth-order valence-corrected chi connectivity index (χ4v) is 6.35. The molecule has 0 spiro atoms. The summed E-state index contributed by atoms with van der Waals surface area (Å²) in [4.78, 5) is 8.88. The number of nitrogens with zero attached hydrogens (tertiary/aromatic N) is 1. The highest BCUT2D eigenvalue weighted by Crippen LogP contribution is 2.36. The largest absolute Gasteiger partial charge is 0.354 e. The maximum absolute atomic E-state index is 5.21. The van der Waals surface area contributed by atoms with Gasteiger partial charge >= 0.3 is 0 Å². The van der Waals surface area contributed by atoms with Gasteiger partial charge in [-0.25, -0.2) is 0 Å². The molecule has 1 fully saturated rings. The van der Waals surface area contributed by atoms with Crippen LogP contribution in [0.2, 0.25) is 0 Å². The Morgan fingerprint density at radius 1 is 0.895 bits per heavy atom. The molecule has 1 aromatic heterocycles. The predicted octanol–water partition coefficient (Wildman–Crippen LogP) is 6.63. The first-order chi connectivity index (χ1) is 18.6. The van der Waals surface area contributed by atoms with Gasteiger partial charge in [-0.1, -0.05) is 66.7 Å². The molecular weight excluding hydrogens is 466 g/mol. The van der Waals surface area contributed by atoms with E-state index in [-0.39, 0.29) is 5.54 Å². The van der Waals surface area contributed by atoms with Crippen LogP contribution in [0.3, 0.4) is 0 Å². The summed E-state index contributed by atoms with van der Waals surface area (Å²) < 4.78 is 0. The van der Waals surface area contributed by atoms with E-state index in [1.54, 1.807) is 0 Å².